The van der Waals surface area contributed by atoms with E-state index in [0.717, 1.165) is 19.3 Å². The molecule has 2 unspecified atom stereocenters. The lowest BCUT2D eigenvalue weighted by atomic mass is 9.63. The Morgan fingerprint density at radius 1 is 1.09 bits per heavy atom. The zero-order valence-corrected chi connectivity index (χ0v) is 14.9. The number of carbonyl (C=O) groups excluding carboxylic acids is 2. The van der Waals surface area contributed by atoms with Crippen LogP contribution < -0.4 is 0 Å². The van der Waals surface area contributed by atoms with Gasteiger partial charge in [0.15, 0.2) is 0 Å². The van der Waals surface area contributed by atoms with Gasteiger partial charge in [-0.15, -0.1) is 0 Å². The molecule has 2 atom stereocenters. The molecule has 0 aliphatic heterocycles. The molecule has 0 saturated heterocycles. The number of hydrogen-bond donors (Lipinski definition) is 2. The number of aliphatic hydroxyl groups excluding tert-OH is 2. The third kappa shape index (κ3) is 8.77. The number of isocyanates is 2. The first-order valence-corrected chi connectivity index (χ1v) is 7.85. The third-order valence-corrected chi connectivity index (χ3v) is 4.04. The maximum Gasteiger partial charge on any atom is 0.235 e. The van der Waals surface area contributed by atoms with E-state index in [9.17, 15) is 9.59 Å². The summed E-state index contributed by atoms with van der Waals surface area (Å²) in [6.45, 7) is 10.5. The lowest BCUT2D eigenvalue weighted by Gasteiger charge is -2.44. The van der Waals surface area contributed by atoms with E-state index in [0.29, 0.717) is 6.54 Å². The second-order valence-corrected chi connectivity index (χ2v) is 8.32. The number of nitrogens with zero attached hydrogens (tertiary/aromatic N) is 2. The number of rotatable bonds is 5. The van der Waals surface area contributed by atoms with Crippen molar-refractivity contribution in [1.29, 1.82) is 0 Å². The molecule has 0 radical (unpaired) electrons. The summed E-state index contributed by atoms with van der Waals surface area (Å²) in [4.78, 5) is 28.0. The highest BCUT2D eigenvalue weighted by Crippen LogP contribution is 2.47. The van der Waals surface area contributed by atoms with Crippen LogP contribution in [0, 0.1) is 16.2 Å². The molecule has 132 valence electrons. The van der Waals surface area contributed by atoms with E-state index >= 15 is 0 Å². The van der Waals surface area contributed by atoms with E-state index in [4.69, 9.17) is 10.2 Å². The third-order valence-electron chi connectivity index (χ3n) is 4.04. The second-order valence-electron chi connectivity index (χ2n) is 8.32. The molecule has 0 aromatic rings. The second kappa shape index (κ2) is 9.09. The van der Waals surface area contributed by atoms with Gasteiger partial charge in [-0.3, -0.25) is 0 Å². The molecule has 1 fully saturated rings. The average molecular weight is 326 g/mol. The summed E-state index contributed by atoms with van der Waals surface area (Å²) in [6, 6.07) is 0.00750. The van der Waals surface area contributed by atoms with Gasteiger partial charge in [0.2, 0.25) is 12.2 Å². The first kappa shape index (κ1) is 21.7. The lowest BCUT2D eigenvalue weighted by Crippen LogP contribution is -2.39. The van der Waals surface area contributed by atoms with Crippen LogP contribution in [-0.2, 0) is 9.59 Å². The summed E-state index contributed by atoms with van der Waals surface area (Å²) < 4.78 is 0. The highest BCUT2D eigenvalue weighted by molar-refractivity contribution is 5.34. The van der Waals surface area contributed by atoms with Crippen molar-refractivity contribution in [3.05, 3.63) is 0 Å². The molecule has 0 aromatic heterocycles. The molecule has 6 nitrogen and oxygen atoms in total. The highest BCUT2D eigenvalue weighted by atomic mass is 16.3. The summed E-state index contributed by atoms with van der Waals surface area (Å²) in [6.07, 6.45) is 5.88. The van der Waals surface area contributed by atoms with E-state index in [-0.39, 0.29) is 35.5 Å². The minimum atomic E-state index is -0.306. The van der Waals surface area contributed by atoms with Gasteiger partial charge in [-0.2, -0.15) is 0 Å². The van der Waals surface area contributed by atoms with Crippen LogP contribution in [0.15, 0.2) is 9.98 Å². The molecule has 2 N–H and O–H groups in total. The zero-order chi connectivity index (χ0) is 18.1. The smallest absolute Gasteiger partial charge is 0.235 e. The van der Waals surface area contributed by atoms with Gasteiger partial charge >= 0.3 is 0 Å². The molecule has 1 aliphatic carbocycles. The number of hydrogen-bond acceptors (Lipinski definition) is 6. The topological polar surface area (TPSA) is 99.3 Å². The Balaban J connectivity index is 0.000000585. The summed E-state index contributed by atoms with van der Waals surface area (Å²) in [5.41, 5.74) is -0.249. The fraction of sp³-hybridized carbons (Fsp3) is 0.882. The molecular weight excluding hydrogens is 296 g/mol. The molecule has 1 saturated carbocycles. The van der Waals surface area contributed by atoms with Gasteiger partial charge < -0.3 is 10.2 Å². The molecule has 0 spiro atoms. The molecule has 0 bridgehead atoms. The lowest BCUT2D eigenvalue weighted by molar-refractivity contribution is 0.0857. The number of aliphatic imine (C=N–C) groups is 2. The normalized spacial score (nSPS) is 26.1. The van der Waals surface area contributed by atoms with Gasteiger partial charge in [0.1, 0.15) is 0 Å². The predicted molar refractivity (Wildman–Crippen MR) is 88.6 cm³/mol. The quantitative estimate of drug-likeness (QED) is 0.598. The molecule has 23 heavy (non-hydrogen) atoms. The van der Waals surface area contributed by atoms with Crippen molar-refractivity contribution in [1.82, 2.24) is 0 Å². The Labute approximate surface area is 138 Å². The SMILES string of the molecule is CC(C)(CO)CO.CC1(C)CC(N=C=O)CC(C)(CN=C=O)C1. The van der Waals surface area contributed by atoms with Crippen molar-refractivity contribution < 1.29 is 19.8 Å². The van der Waals surface area contributed by atoms with Crippen molar-refractivity contribution in [3.63, 3.8) is 0 Å². The van der Waals surface area contributed by atoms with Crippen LogP contribution in [0.25, 0.3) is 0 Å². The van der Waals surface area contributed by atoms with Gasteiger partial charge in [0, 0.05) is 5.41 Å². The maximum absolute atomic E-state index is 10.3. The predicted octanol–water partition coefficient (Wildman–Crippen LogP) is 2.24. The minimum absolute atomic E-state index is 0.00750. The van der Waals surface area contributed by atoms with E-state index < -0.39 is 0 Å². The molecule has 0 aromatic carbocycles. The van der Waals surface area contributed by atoms with Crippen molar-refractivity contribution in [3.8, 4) is 0 Å². The van der Waals surface area contributed by atoms with Gasteiger partial charge in [-0.25, -0.2) is 19.6 Å². The Morgan fingerprint density at radius 2 is 1.65 bits per heavy atom. The highest BCUT2D eigenvalue weighted by Gasteiger charge is 2.41. The molecule has 1 rings (SSSR count). The van der Waals surface area contributed by atoms with Crippen LogP contribution in [0.1, 0.15) is 53.9 Å². The Morgan fingerprint density at radius 3 is 2.04 bits per heavy atom. The van der Waals surface area contributed by atoms with E-state index in [1.807, 2.05) is 0 Å². The van der Waals surface area contributed by atoms with E-state index in [1.165, 1.54) is 0 Å². The fourth-order valence-electron chi connectivity index (χ4n) is 3.14. The van der Waals surface area contributed by atoms with Crippen LogP contribution in [0.3, 0.4) is 0 Å². The van der Waals surface area contributed by atoms with Crippen LogP contribution in [0.2, 0.25) is 0 Å². The Bertz CT molecular complexity index is 457. The van der Waals surface area contributed by atoms with Gasteiger partial charge in [0.05, 0.1) is 25.8 Å². The van der Waals surface area contributed by atoms with E-state index in [1.54, 1.807) is 26.0 Å². The molecular formula is C17H30N2O4. The summed E-state index contributed by atoms with van der Waals surface area (Å²) >= 11 is 0. The van der Waals surface area contributed by atoms with Gasteiger partial charge in [0.25, 0.3) is 0 Å². The van der Waals surface area contributed by atoms with Crippen LogP contribution in [-0.4, -0.2) is 48.2 Å². The Hall–Kier alpha value is -1.32. The monoisotopic (exact) mass is 326 g/mol. The Kier molecular flexibility index (Phi) is 8.57. The minimum Gasteiger partial charge on any atom is -0.396 e. The fourth-order valence-corrected chi connectivity index (χ4v) is 3.14. The van der Waals surface area contributed by atoms with E-state index in [2.05, 4.69) is 30.8 Å². The van der Waals surface area contributed by atoms with Crippen molar-refractivity contribution in [2.75, 3.05) is 19.8 Å². The first-order chi connectivity index (χ1) is 10.5. The van der Waals surface area contributed by atoms with Crippen LogP contribution in [0.4, 0.5) is 0 Å². The number of aliphatic hydroxyl groups is 2. The van der Waals surface area contributed by atoms with Crippen LogP contribution >= 0.6 is 0 Å². The van der Waals surface area contributed by atoms with Crippen molar-refractivity contribution in [2.24, 2.45) is 26.2 Å². The van der Waals surface area contributed by atoms with Crippen LogP contribution in [0.5, 0.6) is 0 Å². The first-order valence-electron chi connectivity index (χ1n) is 7.85. The average Bonchev–Trinajstić information content (AvgIpc) is 2.44. The summed E-state index contributed by atoms with van der Waals surface area (Å²) in [7, 11) is 0. The summed E-state index contributed by atoms with van der Waals surface area (Å²) in [5, 5.41) is 16.9. The van der Waals surface area contributed by atoms with Crippen molar-refractivity contribution in [2.45, 2.75) is 59.9 Å². The molecule has 1 aliphatic rings. The molecule has 6 heteroatoms. The molecule has 0 heterocycles. The van der Waals surface area contributed by atoms with Gasteiger partial charge in [-0.05, 0) is 30.1 Å². The summed E-state index contributed by atoms with van der Waals surface area (Å²) in [5.74, 6) is 0. The largest absolute Gasteiger partial charge is 0.396 e. The molecule has 0 amide bonds. The maximum atomic E-state index is 10.3. The van der Waals surface area contributed by atoms with Gasteiger partial charge in [-0.1, -0.05) is 34.6 Å². The standard InChI is InChI=1S/C12H18N2O2.C5H12O2/c1-11(2)4-10(14-9-16)5-12(3,6-11)7-13-8-15;1-5(2,3-6)4-7/h10H,4-7H2,1-3H3;6-7H,3-4H2,1-2H3. The zero-order valence-electron chi connectivity index (χ0n) is 14.9. The van der Waals surface area contributed by atoms with Crippen molar-refractivity contribution >= 4 is 12.2 Å².